The van der Waals surface area contributed by atoms with Crippen molar-refractivity contribution >= 4 is 17.6 Å². The minimum Gasteiger partial charge on any atom is -0.505 e. The number of carbonyl (C=O) groups is 2. The van der Waals surface area contributed by atoms with Crippen molar-refractivity contribution in [3.8, 4) is 5.75 Å². The Labute approximate surface area is 107 Å². The molecule has 7 heteroatoms. The van der Waals surface area contributed by atoms with Gasteiger partial charge in [0.1, 0.15) is 11.9 Å². The van der Waals surface area contributed by atoms with E-state index >= 15 is 0 Å². The number of nitrogens with zero attached hydrogens (tertiary/aromatic N) is 2. The molecule has 0 saturated carbocycles. The molecule has 0 fully saturated rings. The number of hydrogen-bond donors (Lipinski definition) is 3. The third kappa shape index (κ3) is 2.65. The lowest BCUT2D eigenvalue weighted by Gasteiger charge is -2.08. The van der Waals surface area contributed by atoms with E-state index in [0.717, 1.165) is 0 Å². The van der Waals surface area contributed by atoms with Gasteiger partial charge in [0.2, 0.25) is 0 Å². The van der Waals surface area contributed by atoms with Crippen molar-refractivity contribution in [2.24, 2.45) is 0 Å². The predicted molar refractivity (Wildman–Crippen MR) is 65.1 cm³/mol. The minimum atomic E-state index is -1.28. The molecule has 0 aliphatic carbocycles. The zero-order chi connectivity index (χ0) is 13.8. The quantitative estimate of drug-likeness (QED) is 0.712. The second kappa shape index (κ2) is 5.13. The van der Waals surface area contributed by atoms with Crippen molar-refractivity contribution in [1.82, 2.24) is 9.97 Å². The van der Waals surface area contributed by atoms with Gasteiger partial charge >= 0.3 is 5.97 Å². The van der Waals surface area contributed by atoms with Gasteiger partial charge in [0.15, 0.2) is 5.75 Å². The predicted octanol–water partition coefficient (Wildman–Crippen LogP) is 1.13. The first-order chi connectivity index (χ1) is 9.09. The maximum Gasteiger partial charge on any atom is 0.339 e. The van der Waals surface area contributed by atoms with Crippen LogP contribution in [0.2, 0.25) is 0 Å². The van der Waals surface area contributed by atoms with E-state index in [1.165, 1.54) is 36.9 Å². The van der Waals surface area contributed by atoms with Crippen molar-refractivity contribution < 1.29 is 19.8 Å². The molecule has 0 unspecified atom stereocenters. The van der Waals surface area contributed by atoms with Gasteiger partial charge in [0.05, 0.1) is 11.3 Å². The third-order valence-electron chi connectivity index (χ3n) is 2.34. The molecule has 1 heterocycles. The van der Waals surface area contributed by atoms with Gasteiger partial charge in [-0.2, -0.15) is 0 Å². The molecule has 0 saturated heterocycles. The third-order valence-corrected chi connectivity index (χ3v) is 2.34. The van der Waals surface area contributed by atoms with E-state index in [9.17, 15) is 14.7 Å². The fraction of sp³-hybridized carbons (Fsp3) is 0. The van der Waals surface area contributed by atoms with Crippen molar-refractivity contribution in [3.05, 3.63) is 48.0 Å². The van der Waals surface area contributed by atoms with Crippen LogP contribution in [0.1, 0.15) is 20.7 Å². The van der Waals surface area contributed by atoms with Crippen LogP contribution in [0.15, 0.2) is 36.9 Å². The van der Waals surface area contributed by atoms with Gasteiger partial charge in [-0.25, -0.2) is 14.8 Å². The number of carbonyl (C=O) groups excluding carboxylic acids is 1. The first-order valence-electron chi connectivity index (χ1n) is 5.21. The average Bonchev–Trinajstić information content (AvgIpc) is 2.41. The number of aromatic nitrogens is 2. The Hall–Kier alpha value is -2.96. The highest BCUT2D eigenvalue weighted by Gasteiger charge is 2.15. The van der Waals surface area contributed by atoms with Crippen LogP contribution in [-0.4, -0.2) is 32.1 Å². The van der Waals surface area contributed by atoms with Crippen LogP contribution < -0.4 is 5.32 Å². The minimum absolute atomic E-state index is 0.00810. The number of carboxylic acids is 1. The number of hydrogen-bond acceptors (Lipinski definition) is 5. The Morgan fingerprint density at radius 3 is 2.47 bits per heavy atom. The molecule has 7 nitrogen and oxygen atoms in total. The van der Waals surface area contributed by atoms with E-state index < -0.39 is 17.6 Å². The first kappa shape index (κ1) is 12.5. The van der Waals surface area contributed by atoms with E-state index in [2.05, 4.69) is 15.3 Å². The molecule has 0 radical (unpaired) electrons. The number of aromatic carboxylic acids is 1. The summed E-state index contributed by atoms with van der Waals surface area (Å²) in [6.45, 7) is 0. The summed E-state index contributed by atoms with van der Waals surface area (Å²) in [7, 11) is 0. The second-order valence-electron chi connectivity index (χ2n) is 3.59. The number of rotatable bonds is 3. The molecule has 2 aromatic rings. The van der Waals surface area contributed by atoms with Crippen molar-refractivity contribution in [2.75, 3.05) is 5.32 Å². The van der Waals surface area contributed by atoms with Crippen LogP contribution in [0.3, 0.4) is 0 Å². The van der Waals surface area contributed by atoms with Gasteiger partial charge in [-0.3, -0.25) is 4.79 Å². The van der Waals surface area contributed by atoms with Crippen LogP contribution in [-0.2, 0) is 0 Å². The number of phenols is 1. The summed E-state index contributed by atoms with van der Waals surface area (Å²) in [4.78, 5) is 30.0. The molecule has 0 bridgehead atoms. The van der Waals surface area contributed by atoms with E-state index in [1.54, 1.807) is 0 Å². The lowest BCUT2D eigenvalue weighted by molar-refractivity contribution is 0.0693. The highest BCUT2D eigenvalue weighted by atomic mass is 16.4. The largest absolute Gasteiger partial charge is 0.505 e. The molecule has 96 valence electrons. The molecule has 0 spiro atoms. The number of amides is 1. The molecule has 1 aromatic heterocycles. The summed E-state index contributed by atoms with van der Waals surface area (Å²) in [6, 6.07) is 4.04. The monoisotopic (exact) mass is 259 g/mol. The smallest absolute Gasteiger partial charge is 0.339 e. The Balaban J connectivity index is 2.27. The normalized spacial score (nSPS) is 9.89. The summed E-state index contributed by atoms with van der Waals surface area (Å²) in [5.74, 6) is -2.32. The average molecular weight is 259 g/mol. The molecule has 3 N–H and O–H groups in total. The molecule has 2 rings (SSSR count). The number of aromatic hydroxyl groups is 1. The summed E-state index contributed by atoms with van der Waals surface area (Å²) in [5, 5.41) is 21.0. The topological polar surface area (TPSA) is 112 Å². The Morgan fingerprint density at radius 2 is 1.84 bits per heavy atom. The van der Waals surface area contributed by atoms with E-state index in [1.807, 2.05) is 0 Å². The molecule has 1 aromatic carbocycles. The van der Waals surface area contributed by atoms with Crippen molar-refractivity contribution in [2.45, 2.75) is 0 Å². The Kier molecular flexibility index (Phi) is 3.37. The number of para-hydroxylation sites is 1. The standard InChI is InChI=1S/C12H9N3O4/c16-10-8(12(18)19)2-1-3-9(10)15-11(17)7-4-13-6-14-5-7/h1-6,16H,(H,15,17)(H,18,19). The number of carboxylic acid groups (broad SMARTS) is 1. The highest BCUT2D eigenvalue weighted by Crippen LogP contribution is 2.27. The van der Waals surface area contributed by atoms with Crippen LogP contribution in [0.25, 0.3) is 0 Å². The summed E-state index contributed by atoms with van der Waals surface area (Å²) >= 11 is 0. The van der Waals surface area contributed by atoms with Crippen molar-refractivity contribution in [3.63, 3.8) is 0 Å². The molecule has 0 aliphatic heterocycles. The lowest BCUT2D eigenvalue weighted by Crippen LogP contribution is -2.13. The molecule has 1 amide bonds. The van der Waals surface area contributed by atoms with Gasteiger partial charge < -0.3 is 15.5 Å². The molecule has 0 atom stereocenters. The maximum atomic E-state index is 11.8. The van der Waals surface area contributed by atoms with Gasteiger partial charge in [-0.05, 0) is 12.1 Å². The van der Waals surface area contributed by atoms with Gasteiger partial charge in [0.25, 0.3) is 5.91 Å². The number of anilines is 1. The zero-order valence-electron chi connectivity index (χ0n) is 9.57. The number of benzene rings is 1. The summed E-state index contributed by atoms with van der Waals surface area (Å²) < 4.78 is 0. The molecular formula is C12H9N3O4. The van der Waals surface area contributed by atoms with E-state index in [-0.39, 0.29) is 16.8 Å². The first-order valence-corrected chi connectivity index (χ1v) is 5.21. The molecule has 0 aliphatic rings. The van der Waals surface area contributed by atoms with Crippen molar-refractivity contribution in [1.29, 1.82) is 0 Å². The van der Waals surface area contributed by atoms with Gasteiger partial charge in [0, 0.05) is 12.4 Å². The fourth-order valence-corrected chi connectivity index (χ4v) is 1.43. The van der Waals surface area contributed by atoms with Gasteiger partial charge in [-0.1, -0.05) is 6.07 Å². The Morgan fingerprint density at radius 1 is 1.16 bits per heavy atom. The SMILES string of the molecule is O=C(Nc1cccc(C(=O)O)c1O)c1cncnc1. The van der Waals surface area contributed by atoms with Crippen LogP contribution in [0.4, 0.5) is 5.69 Å². The maximum absolute atomic E-state index is 11.8. The molecular weight excluding hydrogens is 250 g/mol. The lowest BCUT2D eigenvalue weighted by atomic mass is 10.1. The van der Waals surface area contributed by atoms with Crippen LogP contribution in [0.5, 0.6) is 5.75 Å². The Bertz CT molecular complexity index is 628. The number of nitrogens with one attached hydrogen (secondary N) is 1. The van der Waals surface area contributed by atoms with E-state index in [4.69, 9.17) is 5.11 Å². The second-order valence-corrected chi connectivity index (χ2v) is 3.59. The molecule has 19 heavy (non-hydrogen) atoms. The zero-order valence-corrected chi connectivity index (χ0v) is 9.57. The fourth-order valence-electron chi connectivity index (χ4n) is 1.43. The van der Waals surface area contributed by atoms with Gasteiger partial charge in [-0.15, -0.1) is 0 Å². The van der Waals surface area contributed by atoms with E-state index in [0.29, 0.717) is 0 Å². The summed E-state index contributed by atoms with van der Waals surface area (Å²) in [6.07, 6.45) is 3.89. The summed E-state index contributed by atoms with van der Waals surface area (Å²) in [5.41, 5.74) is -0.0847. The highest BCUT2D eigenvalue weighted by molar-refractivity contribution is 6.05. The van der Waals surface area contributed by atoms with Crippen LogP contribution >= 0.6 is 0 Å². The van der Waals surface area contributed by atoms with Crippen LogP contribution in [0, 0.1) is 0 Å².